The van der Waals surface area contributed by atoms with Crippen LogP contribution in [-0.4, -0.2) is 19.1 Å². The number of carbonyl (C=O) groups is 1. The number of ether oxygens (including phenoxy) is 1. The van der Waals surface area contributed by atoms with Crippen LogP contribution >= 0.6 is 0 Å². The van der Waals surface area contributed by atoms with Crippen LogP contribution in [0.1, 0.15) is 22.8 Å². The summed E-state index contributed by atoms with van der Waals surface area (Å²) in [5, 5.41) is 2.87. The highest BCUT2D eigenvalue weighted by molar-refractivity contribution is 6.05. The van der Waals surface area contributed by atoms with Gasteiger partial charge in [-0.1, -0.05) is 24.3 Å². The molecule has 0 spiro atoms. The second kappa shape index (κ2) is 7.45. The number of benzene rings is 2. The molecule has 0 fully saturated rings. The zero-order chi connectivity index (χ0) is 15.1. The van der Waals surface area contributed by atoms with Gasteiger partial charge in [-0.05, 0) is 49.7 Å². The predicted octanol–water partition coefficient (Wildman–Crippen LogP) is 2.84. The molecule has 0 unspecified atom stereocenters. The van der Waals surface area contributed by atoms with Crippen molar-refractivity contribution in [3.05, 3.63) is 59.7 Å². The van der Waals surface area contributed by atoms with Gasteiger partial charge in [0, 0.05) is 5.56 Å². The van der Waals surface area contributed by atoms with E-state index in [1.807, 2.05) is 55.5 Å². The van der Waals surface area contributed by atoms with Gasteiger partial charge in [0.2, 0.25) is 0 Å². The second-order valence-electron chi connectivity index (χ2n) is 4.62. The summed E-state index contributed by atoms with van der Waals surface area (Å²) in [6.07, 6.45) is 0.815. The highest BCUT2D eigenvalue weighted by Gasteiger charge is 2.09. The molecule has 0 saturated heterocycles. The van der Waals surface area contributed by atoms with Crippen molar-refractivity contribution in [2.45, 2.75) is 13.3 Å². The van der Waals surface area contributed by atoms with E-state index in [4.69, 9.17) is 10.5 Å². The zero-order valence-corrected chi connectivity index (χ0v) is 12.1. The molecule has 2 aromatic rings. The molecule has 4 heteroatoms. The topological polar surface area (TPSA) is 64.3 Å². The fourth-order valence-corrected chi connectivity index (χ4v) is 2.04. The number of nitrogens with two attached hydrogens (primary N) is 1. The Hall–Kier alpha value is -2.33. The lowest BCUT2D eigenvalue weighted by Crippen LogP contribution is -2.13. The maximum Gasteiger partial charge on any atom is 0.255 e. The average Bonchev–Trinajstić information content (AvgIpc) is 2.50. The number of amides is 1. The van der Waals surface area contributed by atoms with Gasteiger partial charge < -0.3 is 15.8 Å². The number of para-hydroxylation sites is 2. The second-order valence-corrected chi connectivity index (χ2v) is 4.62. The van der Waals surface area contributed by atoms with E-state index in [1.54, 1.807) is 0 Å². The Morgan fingerprint density at radius 3 is 2.52 bits per heavy atom. The normalized spacial score (nSPS) is 10.2. The Kier molecular flexibility index (Phi) is 5.35. The average molecular weight is 284 g/mol. The molecule has 0 heterocycles. The van der Waals surface area contributed by atoms with E-state index in [2.05, 4.69) is 5.32 Å². The van der Waals surface area contributed by atoms with E-state index < -0.39 is 0 Å². The van der Waals surface area contributed by atoms with Crippen LogP contribution in [0.4, 0.5) is 5.69 Å². The van der Waals surface area contributed by atoms with Gasteiger partial charge in [0.25, 0.3) is 5.91 Å². The van der Waals surface area contributed by atoms with Crippen molar-refractivity contribution < 1.29 is 9.53 Å². The molecule has 0 radical (unpaired) electrons. The summed E-state index contributed by atoms with van der Waals surface area (Å²) >= 11 is 0. The molecule has 2 aromatic carbocycles. The van der Waals surface area contributed by atoms with Crippen molar-refractivity contribution in [1.82, 2.24) is 0 Å². The van der Waals surface area contributed by atoms with Crippen molar-refractivity contribution in [3.63, 3.8) is 0 Å². The first-order valence-corrected chi connectivity index (χ1v) is 7.06. The van der Waals surface area contributed by atoms with Crippen molar-refractivity contribution in [2.24, 2.45) is 5.73 Å². The molecule has 110 valence electrons. The summed E-state index contributed by atoms with van der Waals surface area (Å²) in [6, 6.07) is 14.9. The SMILES string of the molecule is CCOc1ccccc1NC(=O)c1ccc(CCN)cc1. The summed E-state index contributed by atoms with van der Waals surface area (Å²) < 4.78 is 5.50. The molecule has 0 aliphatic heterocycles. The summed E-state index contributed by atoms with van der Waals surface area (Å²) in [5.41, 5.74) is 7.93. The Balaban J connectivity index is 2.10. The number of hydrogen-bond donors (Lipinski definition) is 2. The van der Waals surface area contributed by atoms with Crippen LogP contribution in [0.25, 0.3) is 0 Å². The van der Waals surface area contributed by atoms with Crippen LogP contribution in [0, 0.1) is 0 Å². The summed E-state index contributed by atoms with van der Waals surface area (Å²) in [7, 11) is 0. The zero-order valence-electron chi connectivity index (χ0n) is 12.1. The van der Waals surface area contributed by atoms with Gasteiger partial charge in [-0.3, -0.25) is 4.79 Å². The Morgan fingerprint density at radius 1 is 1.14 bits per heavy atom. The molecule has 0 aliphatic rings. The number of hydrogen-bond acceptors (Lipinski definition) is 3. The van der Waals surface area contributed by atoms with Gasteiger partial charge in [0.05, 0.1) is 12.3 Å². The van der Waals surface area contributed by atoms with Crippen LogP contribution < -0.4 is 15.8 Å². The minimum absolute atomic E-state index is 0.151. The molecule has 3 N–H and O–H groups in total. The van der Waals surface area contributed by atoms with Crippen molar-refractivity contribution in [3.8, 4) is 5.75 Å². The van der Waals surface area contributed by atoms with Gasteiger partial charge in [-0.15, -0.1) is 0 Å². The van der Waals surface area contributed by atoms with Gasteiger partial charge in [0.1, 0.15) is 5.75 Å². The predicted molar refractivity (Wildman–Crippen MR) is 84.8 cm³/mol. The molecule has 1 amide bonds. The lowest BCUT2D eigenvalue weighted by atomic mass is 10.1. The molecule has 0 bridgehead atoms. The first-order valence-electron chi connectivity index (χ1n) is 7.06. The van der Waals surface area contributed by atoms with Crippen molar-refractivity contribution in [2.75, 3.05) is 18.5 Å². The molecule has 4 nitrogen and oxygen atoms in total. The van der Waals surface area contributed by atoms with E-state index in [0.717, 1.165) is 12.0 Å². The maximum absolute atomic E-state index is 12.2. The van der Waals surface area contributed by atoms with Crippen LogP contribution in [-0.2, 0) is 6.42 Å². The standard InChI is InChI=1S/C17H20N2O2/c1-2-21-16-6-4-3-5-15(16)19-17(20)14-9-7-13(8-10-14)11-12-18/h3-10H,2,11-12,18H2,1H3,(H,19,20). The van der Waals surface area contributed by atoms with Crippen molar-refractivity contribution >= 4 is 11.6 Å². The van der Waals surface area contributed by atoms with Gasteiger partial charge in [0.15, 0.2) is 0 Å². The summed E-state index contributed by atoms with van der Waals surface area (Å²) in [6.45, 7) is 3.07. The smallest absolute Gasteiger partial charge is 0.255 e. The quantitative estimate of drug-likeness (QED) is 0.857. The molecule has 0 atom stereocenters. The van der Waals surface area contributed by atoms with Crippen molar-refractivity contribution in [1.29, 1.82) is 0 Å². The molecule has 2 rings (SSSR count). The van der Waals surface area contributed by atoms with Crippen LogP contribution in [0.2, 0.25) is 0 Å². The van der Waals surface area contributed by atoms with Gasteiger partial charge in [-0.2, -0.15) is 0 Å². The van der Waals surface area contributed by atoms with E-state index in [1.165, 1.54) is 0 Å². The highest BCUT2D eigenvalue weighted by atomic mass is 16.5. The van der Waals surface area contributed by atoms with E-state index in [9.17, 15) is 4.79 Å². The third-order valence-corrected chi connectivity index (χ3v) is 3.08. The molecule has 21 heavy (non-hydrogen) atoms. The monoisotopic (exact) mass is 284 g/mol. The number of anilines is 1. The Labute approximate surface area is 124 Å². The largest absolute Gasteiger partial charge is 0.492 e. The fourth-order valence-electron chi connectivity index (χ4n) is 2.04. The number of rotatable bonds is 6. The fraction of sp³-hybridized carbons (Fsp3) is 0.235. The molecule has 0 saturated carbocycles. The molecule has 0 aliphatic carbocycles. The third-order valence-electron chi connectivity index (χ3n) is 3.08. The first-order chi connectivity index (χ1) is 10.2. The van der Waals surface area contributed by atoms with E-state index in [0.29, 0.717) is 30.2 Å². The first kappa shape index (κ1) is 15.1. The molecular formula is C17H20N2O2. The van der Waals surface area contributed by atoms with Crippen LogP contribution in [0.5, 0.6) is 5.75 Å². The lowest BCUT2D eigenvalue weighted by Gasteiger charge is -2.11. The van der Waals surface area contributed by atoms with Gasteiger partial charge >= 0.3 is 0 Å². The Morgan fingerprint density at radius 2 is 1.86 bits per heavy atom. The summed E-state index contributed by atoms with van der Waals surface area (Å²) in [5.74, 6) is 0.523. The van der Waals surface area contributed by atoms with E-state index >= 15 is 0 Å². The lowest BCUT2D eigenvalue weighted by molar-refractivity contribution is 0.102. The number of nitrogens with one attached hydrogen (secondary N) is 1. The molecule has 0 aromatic heterocycles. The Bertz CT molecular complexity index is 594. The van der Waals surface area contributed by atoms with E-state index in [-0.39, 0.29) is 5.91 Å². The minimum atomic E-state index is -0.151. The van der Waals surface area contributed by atoms with Crippen LogP contribution in [0.15, 0.2) is 48.5 Å². The maximum atomic E-state index is 12.2. The highest BCUT2D eigenvalue weighted by Crippen LogP contribution is 2.24. The third kappa shape index (κ3) is 4.07. The van der Waals surface area contributed by atoms with Crippen LogP contribution in [0.3, 0.4) is 0 Å². The van der Waals surface area contributed by atoms with Gasteiger partial charge in [-0.25, -0.2) is 0 Å². The molecular weight excluding hydrogens is 264 g/mol. The summed E-state index contributed by atoms with van der Waals surface area (Å²) in [4.78, 5) is 12.2. The minimum Gasteiger partial charge on any atom is -0.492 e. The number of carbonyl (C=O) groups excluding carboxylic acids is 1.